The van der Waals surface area contributed by atoms with Crippen LogP contribution in [0.2, 0.25) is 0 Å². The molecule has 1 unspecified atom stereocenters. The molecule has 0 fully saturated rings. The van der Waals surface area contributed by atoms with Crippen LogP contribution in [0.25, 0.3) is 0 Å². The molecule has 0 aromatic heterocycles. The molecule has 0 spiro atoms. The number of nitrogens with zero attached hydrogens (tertiary/aromatic N) is 1. The van der Waals surface area contributed by atoms with Crippen LogP contribution in [0.15, 0.2) is 4.40 Å². The number of hydrazine groups is 1. The molecule has 1 aliphatic rings. The summed E-state index contributed by atoms with van der Waals surface area (Å²) in [6.07, 6.45) is 0. The van der Waals surface area contributed by atoms with E-state index in [-0.39, 0.29) is 0 Å². The van der Waals surface area contributed by atoms with Crippen LogP contribution < -0.4 is 10.3 Å². The molecule has 1 heterocycles. The summed E-state index contributed by atoms with van der Waals surface area (Å²) in [5.41, 5.74) is 2.71. The molecule has 2 N–H and O–H groups in total. The van der Waals surface area contributed by atoms with Gasteiger partial charge in [0.15, 0.2) is 0 Å². The Morgan fingerprint density at radius 1 is 1.67 bits per heavy atom. The molecule has 0 saturated heterocycles. The maximum absolute atomic E-state index is 10.5. The number of hydrogen-bond donors (Lipinski definition) is 2. The van der Waals surface area contributed by atoms with Crippen LogP contribution in [0.4, 0.5) is 0 Å². The van der Waals surface area contributed by atoms with E-state index >= 15 is 0 Å². The monoisotopic (exact) mass is 147 g/mol. The summed E-state index contributed by atoms with van der Waals surface area (Å²) in [5, 5.41) is 0. The lowest BCUT2D eigenvalue weighted by atomic mass is 10.2. The highest BCUT2D eigenvalue weighted by atomic mass is 32.2. The average molecular weight is 147 g/mol. The standard InChI is InChI=1S/C4H9N3OS/c1-3(2)4-5-7-9(8)6-4/h3,7H,1-2H3,(H,5,6). The molecule has 0 saturated carbocycles. The highest BCUT2D eigenvalue weighted by Crippen LogP contribution is 1.98. The Balaban J connectivity index is 2.62. The van der Waals surface area contributed by atoms with Gasteiger partial charge in [-0.05, 0) is 0 Å². The molecule has 5 heteroatoms. The zero-order valence-electron chi connectivity index (χ0n) is 5.34. The van der Waals surface area contributed by atoms with Crippen molar-refractivity contribution < 1.29 is 4.21 Å². The predicted molar refractivity (Wildman–Crippen MR) is 36.7 cm³/mol. The minimum absolute atomic E-state index is 0.309. The van der Waals surface area contributed by atoms with Gasteiger partial charge in [0, 0.05) is 5.92 Å². The maximum Gasteiger partial charge on any atom is 0.236 e. The Morgan fingerprint density at radius 2 is 2.33 bits per heavy atom. The highest BCUT2D eigenvalue weighted by Gasteiger charge is 2.12. The summed E-state index contributed by atoms with van der Waals surface area (Å²) in [6.45, 7) is 3.96. The first-order valence-electron chi connectivity index (χ1n) is 2.72. The Hall–Kier alpha value is -0.420. The second-order valence-corrected chi connectivity index (χ2v) is 2.99. The van der Waals surface area contributed by atoms with Crippen molar-refractivity contribution >= 4 is 17.0 Å². The van der Waals surface area contributed by atoms with E-state index in [4.69, 9.17) is 0 Å². The van der Waals surface area contributed by atoms with E-state index in [1.807, 2.05) is 13.8 Å². The van der Waals surface area contributed by atoms with Crippen LogP contribution in [0.3, 0.4) is 0 Å². The zero-order valence-corrected chi connectivity index (χ0v) is 6.16. The van der Waals surface area contributed by atoms with Crippen molar-refractivity contribution in [2.75, 3.05) is 0 Å². The first-order chi connectivity index (χ1) is 4.20. The molecule has 1 aliphatic heterocycles. The van der Waals surface area contributed by atoms with Gasteiger partial charge in [0.1, 0.15) is 5.84 Å². The first kappa shape index (κ1) is 6.70. The lowest BCUT2D eigenvalue weighted by molar-refractivity contribution is 0.674. The summed E-state index contributed by atoms with van der Waals surface area (Å²) in [4.78, 5) is 2.47. The molecule has 1 atom stereocenters. The maximum atomic E-state index is 10.5. The number of amidine groups is 1. The predicted octanol–water partition coefficient (Wildman–Crippen LogP) is -0.273. The summed E-state index contributed by atoms with van der Waals surface area (Å²) in [7, 11) is 0. The fourth-order valence-corrected chi connectivity index (χ4v) is 1.15. The molecule has 52 valence electrons. The normalized spacial score (nSPS) is 26.1. The van der Waals surface area contributed by atoms with Gasteiger partial charge in [-0.25, -0.2) is 4.21 Å². The second kappa shape index (κ2) is 2.45. The van der Waals surface area contributed by atoms with Crippen LogP contribution in [0.1, 0.15) is 13.8 Å². The van der Waals surface area contributed by atoms with Gasteiger partial charge in [0.2, 0.25) is 11.2 Å². The topological polar surface area (TPSA) is 53.5 Å². The smallest absolute Gasteiger partial charge is 0.236 e. The molecule has 1 rings (SSSR count). The van der Waals surface area contributed by atoms with E-state index in [1.165, 1.54) is 0 Å². The first-order valence-corrected chi connectivity index (χ1v) is 3.83. The Labute approximate surface area is 56.4 Å². The van der Waals surface area contributed by atoms with Gasteiger partial charge in [-0.3, -0.25) is 5.43 Å². The molecule has 0 aromatic rings. The molecular formula is C4H9N3OS. The summed E-state index contributed by atoms with van der Waals surface area (Å²) < 4.78 is 14.3. The van der Waals surface area contributed by atoms with Gasteiger partial charge < -0.3 is 0 Å². The van der Waals surface area contributed by atoms with Crippen LogP contribution in [-0.4, -0.2) is 10.0 Å². The van der Waals surface area contributed by atoms with E-state index in [0.29, 0.717) is 5.92 Å². The van der Waals surface area contributed by atoms with Gasteiger partial charge in [-0.15, -0.1) is 4.83 Å². The SMILES string of the molecule is CC(C)C1=NS(=O)NN1. The van der Waals surface area contributed by atoms with E-state index < -0.39 is 11.2 Å². The Morgan fingerprint density at radius 3 is 2.56 bits per heavy atom. The number of rotatable bonds is 1. The Bertz CT molecular complexity index is 165. The molecule has 9 heavy (non-hydrogen) atoms. The van der Waals surface area contributed by atoms with Crippen molar-refractivity contribution in [1.82, 2.24) is 10.3 Å². The van der Waals surface area contributed by atoms with Crippen molar-refractivity contribution in [2.24, 2.45) is 10.3 Å². The third kappa shape index (κ3) is 1.49. The van der Waals surface area contributed by atoms with Gasteiger partial charge in [0.05, 0.1) is 0 Å². The largest absolute Gasteiger partial charge is 0.295 e. The summed E-state index contributed by atoms with van der Waals surface area (Å²) >= 11 is -1.25. The molecule has 4 nitrogen and oxygen atoms in total. The minimum atomic E-state index is -1.25. The lowest BCUT2D eigenvalue weighted by Gasteiger charge is -2.00. The van der Waals surface area contributed by atoms with E-state index in [0.717, 1.165) is 5.84 Å². The number of nitrogens with one attached hydrogen (secondary N) is 2. The average Bonchev–Trinajstić information content (AvgIpc) is 2.14. The van der Waals surface area contributed by atoms with Crippen molar-refractivity contribution in [2.45, 2.75) is 13.8 Å². The molecule has 0 aromatic carbocycles. The number of hydrogen-bond acceptors (Lipinski definition) is 2. The molecule has 0 aliphatic carbocycles. The fourth-order valence-electron chi connectivity index (χ4n) is 0.481. The molecule has 0 radical (unpaired) electrons. The van der Waals surface area contributed by atoms with Crippen LogP contribution >= 0.6 is 0 Å². The minimum Gasteiger partial charge on any atom is -0.295 e. The van der Waals surface area contributed by atoms with Gasteiger partial charge in [-0.1, -0.05) is 13.8 Å². The van der Waals surface area contributed by atoms with Crippen molar-refractivity contribution in [3.05, 3.63) is 0 Å². The molecular weight excluding hydrogens is 138 g/mol. The quantitative estimate of drug-likeness (QED) is 0.536. The zero-order chi connectivity index (χ0) is 6.85. The summed E-state index contributed by atoms with van der Waals surface area (Å²) in [6, 6.07) is 0. The highest BCUT2D eigenvalue weighted by molar-refractivity contribution is 7.82. The third-order valence-corrected chi connectivity index (χ3v) is 1.63. The van der Waals surface area contributed by atoms with E-state index in [1.54, 1.807) is 0 Å². The van der Waals surface area contributed by atoms with E-state index in [9.17, 15) is 4.21 Å². The van der Waals surface area contributed by atoms with Crippen molar-refractivity contribution in [3.63, 3.8) is 0 Å². The van der Waals surface area contributed by atoms with E-state index in [2.05, 4.69) is 14.7 Å². The fraction of sp³-hybridized carbons (Fsp3) is 0.750. The van der Waals surface area contributed by atoms with Gasteiger partial charge in [-0.2, -0.15) is 4.40 Å². The molecule has 0 bridgehead atoms. The van der Waals surface area contributed by atoms with Crippen molar-refractivity contribution in [1.29, 1.82) is 0 Å². The Kier molecular flexibility index (Phi) is 1.82. The van der Waals surface area contributed by atoms with Gasteiger partial charge >= 0.3 is 0 Å². The third-order valence-electron chi connectivity index (χ3n) is 0.995. The van der Waals surface area contributed by atoms with Crippen LogP contribution in [0, 0.1) is 5.92 Å². The lowest BCUT2D eigenvalue weighted by Crippen LogP contribution is -2.32. The van der Waals surface area contributed by atoms with Crippen molar-refractivity contribution in [3.8, 4) is 0 Å². The summed E-state index contributed by atoms with van der Waals surface area (Å²) in [5.74, 6) is 1.07. The van der Waals surface area contributed by atoms with Crippen LogP contribution in [0.5, 0.6) is 0 Å². The molecule has 0 amide bonds. The van der Waals surface area contributed by atoms with Gasteiger partial charge in [0.25, 0.3) is 0 Å². The second-order valence-electron chi connectivity index (χ2n) is 2.11. The van der Waals surface area contributed by atoms with Crippen LogP contribution in [-0.2, 0) is 11.2 Å².